The number of carbonyl (C=O) groups excluding carboxylic acids is 4. The number of benzene rings is 1. The maximum atomic E-state index is 12.0. The molecule has 2 amide bonds. The van der Waals surface area contributed by atoms with Crippen molar-refractivity contribution in [3.05, 3.63) is 35.9 Å². The third-order valence-electron chi connectivity index (χ3n) is 3.94. The minimum atomic E-state index is -0.965. The van der Waals surface area contributed by atoms with Gasteiger partial charge in [0.15, 0.2) is 0 Å². The van der Waals surface area contributed by atoms with Crippen molar-refractivity contribution in [3.63, 3.8) is 0 Å². The second-order valence-corrected chi connectivity index (χ2v) is 5.96. The van der Waals surface area contributed by atoms with Crippen molar-refractivity contribution in [3.8, 4) is 0 Å². The molecular formula is C19H26N2O6. The fourth-order valence-corrected chi connectivity index (χ4v) is 2.39. The zero-order valence-electron chi connectivity index (χ0n) is 15.8. The van der Waals surface area contributed by atoms with E-state index in [1.807, 2.05) is 37.3 Å². The van der Waals surface area contributed by atoms with Gasteiger partial charge < -0.3 is 20.1 Å². The van der Waals surface area contributed by atoms with E-state index in [9.17, 15) is 19.2 Å². The summed E-state index contributed by atoms with van der Waals surface area (Å²) in [6.07, 6.45) is -0.0824. The van der Waals surface area contributed by atoms with Crippen molar-refractivity contribution in [2.45, 2.75) is 44.7 Å². The number of rotatable bonds is 10. The van der Waals surface area contributed by atoms with Crippen molar-refractivity contribution in [1.29, 1.82) is 0 Å². The van der Waals surface area contributed by atoms with Gasteiger partial charge in [-0.1, -0.05) is 30.3 Å². The molecule has 0 aliphatic rings. The third-order valence-corrected chi connectivity index (χ3v) is 3.94. The molecule has 0 radical (unpaired) electrons. The first kappa shape index (κ1) is 22.1. The summed E-state index contributed by atoms with van der Waals surface area (Å²) in [6.45, 7) is 1.85. The molecule has 0 saturated carbocycles. The van der Waals surface area contributed by atoms with Crippen LogP contribution in [0, 0.1) is 0 Å². The smallest absolute Gasteiger partial charge is 0.328 e. The van der Waals surface area contributed by atoms with Crippen LogP contribution in [-0.2, 0) is 28.7 Å². The summed E-state index contributed by atoms with van der Waals surface area (Å²) in [4.78, 5) is 47.0. The molecule has 0 fully saturated rings. The highest BCUT2D eigenvalue weighted by Crippen LogP contribution is 2.11. The van der Waals surface area contributed by atoms with E-state index in [1.165, 1.54) is 14.2 Å². The second kappa shape index (κ2) is 11.7. The van der Waals surface area contributed by atoms with E-state index in [0.29, 0.717) is 0 Å². The van der Waals surface area contributed by atoms with Crippen LogP contribution >= 0.6 is 0 Å². The highest BCUT2D eigenvalue weighted by atomic mass is 16.5. The molecule has 2 atom stereocenters. The number of hydrogen-bond donors (Lipinski definition) is 2. The molecule has 1 rings (SSSR count). The highest BCUT2D eigenvalue weighted by Gasteiger charge is 2.23. The van der Waals surface area contributed by atoms with Gasteiger partial charge in [-0.2, -0.15) is 0 Å². The molecule has 0 aromatic heterocycles. The lowest BCUT2D eigenvalue weighted by Gasteiger charge is -2.17. The minimum absolute atomic E-state index is 0.0199. The number of nitrogens with one attached hydrogen (secondary N) is 2. The Morgan fingerprint density at radius 2 is 1.48 bits per heavy atom. The van der Waals surface area contributed by atoms with E-state index in [1.54, 1.807) is 0 Å². The Morgan fingerprint density at radius 3 is 2.04 bits per heavy atom. The second-order valence-electron chi connectivity index (χ2n) is 5.96. The molecule has 1 aromatic carbocycles. The van der Waals surface area contributed by atoms with E-state index >= 15 is 0 Å². The fraction of sp³-hybridized carbons (Fsp3) is 0.474. The van der Waals surface area contributed by atoms with Gasteiger partial charge in [0.05, 0.1) is 20.3 Å². The van der Waals surface area contributed by atoms with Gasteiger partial charge in [0.25, 0.3) is 0 Å². The van der Waals surface area contributed by atoms with Gasteiger partial charge in [-0.05, 0) is 18.9 Å². The van der Waals surface area contributed by atoms with Crippen LogP contribution in [-0.4, -0.2) is 44.0 Å². The Morgan fingerprint density at radius 1 is 0.889 bits per heavy atom. The standard InChI is InChI=1S/C19H26N2O6/c1-13(14-7-5-4-6-8-14)20-16(22)10-11-17(23)21-15(19(25)27-3)9-12-18(24)26-2/h4-8,13,15H,9-12H2,1-3H3,(H,20,22)(H,21,23)/t13-,15+/m1/s1. The minimum Gasteiger partial charge on any atom is -0.469 e. The summed E-state index contributed by atoms with van der Waals surface area (Å²) >= 11 is 0. The van der Waals surface area contributed by atoms with Crippen molar-refractivity contribution >= 4 is 23.8 Å². The summed E-state index contributed by atoms with van der Waals surface area (Å²) < 4.78 is 9.14. The van der Waals surface area contributed by atoms with Crippen LogP contribution in [0.4, 0.5) is 0 Å². The Kier molecular flexibility index (Phi) is 9.57. The van der Waals surface area contributed by atoms with Gasteiger partial charge in [0.2, 0.25) is 11.8 Å². The van der Waals surface area contributed by atoms with Crippen LogP contribution in [0.5, 0.6) is 0 Å². The molecule has 27 heavy (non-hydrogen) atoms. The van der Waals surface area contributed by atoms with E-state index in [0.717, 1.165) is 5.56 Å². The zero-order chi connectivity index (χ0) is 20.2. The molecule has 0 saturated heterocycles. The maximum Gasteiger partial charge on any atom is 0.328 e. The quantitative estimate of drug-likeness (QED) is 0.593. The summed E-state index contributed by atoms with van der Waals surface area (Å²) in [7, 11) is 2.43. The molecule has 2 N–H and O–H groups in total. The van der Waals surface area contributed by atoms with Gasteiger partial charge in [0, 0.05) is 19.3 Å². The Bertz CT molecular complexity index is 647. The number of ether oxygens (including phenoxy) is 2. The Labute approximate surface area is 158 Å². The monoisotopic (exact) mass is 378 g/mol. The largest absolute Gasteiger partial charge is 0.469 e. The number of hydrogen-bond acceptors (Lipinski definition) is 6. The molecule has 8 heteroatoms. The average molecular weight is 378 g/mol. The van der Waals surface area contributed by atoms with Crippen molar-refractivity contribution in [1.82, 2.24) is 10.6 Å². The molecule has 0 unspecified atom stereocenters. The van der Waals surface area contributed by atoms with E-state index in [4.69, 9.17) is 0 Å². The van der Waals surface area contributed by atoms with Crippen LogP contribution in [0.25, 0.3) is 0 Å². The van der Waals surface area contributed by atoms with Gasteiger partial charge in [-0.25, -0.2) is 4.79 Å². The zero-order valence-corrected chi connectivity index (χ0v) is 15.8. The lowest BCUT2D eigenvalue weighted by atomic mass is 10.1. The van der Waals surface area contributed by atoms with E-state index in [2.05, 4.69) is 20.1 Å². The number of amides is 2. The molecule has 0 heterocycles. The molecular weight excluding hydrogens is 352 g/mol. The third kappa shape index (κ3) is 8.35. The lowest BCUT2D eigenvalue weighted by molar-refractivity contribution is -0.146. The van der Waals surface area contributed by atoms with Gasteiger partial charge in [-0.15, -0.1) is 0 Å². The highest BCUT2D eigenvalue weighted by molar-refractivity contribution is 5.87. The van der Waals surface area contributed by atoms with Gasteiger partial charge in [-0.3, -0.25) is 14.4 Å². The first-order valence-electron chi connectivity index (χ1n) is 8.65. The SMILES string of the molecule is COC(=O)CC[C@H](NC(=O)CCC(=O)N[C@H](C)c1ccccc1)C(=O)OC. The molecule has 148 valence electrons. The predicted octanol–water partition coefficient (Wildman–Crippen LogP) is 1.25. The normalized spacial score (nSPS) is 12.4. The molecule has 0 aliphatic carbocycles. The van der Waals surface area contributed by atoms with Gasteiger partial charge in [0.1, 0.15) is 6.04 Å². The summed E-state index contributed by atoms with van der Waals surface area (Å²) in [5.41, 5.74) is 0.962. The van der Waals surface area contributed by atoms with E-state index < -0.39 is 23.9 Å². The summed E-state index contributed by atoms with van der Waals surface area (Å²) in [6, 6.07) is 8.32. The molecule has 0 aliphatic heterocycles. The van der Waals surface area contributed by atoms with Crippen LogP contribution in [0.1, 0.15) is 44.2 Å². The number of methoxy groups -OCH3 is 2. The summed E-state index contributed by atoms with van der Waals surface area (Å²) in [5, 5.41) is 5.30. The predicted molar refractivity (Wildman–Crippen MR) is 97.4 cm³/mol. The number of esters is 2. The lowest BCUT2D eigenvalue weighted by Crippen LogP contribution is -2.42. The Hall–Kier alpha value is -2.90. The van der Waals surface area contributed by atoms with E-state index in [-0.39, 0.29) is 37.6 Å². The van der Waals surface area contributed by atoms with Crippen LogP contribution in [0.15, 0.2) is 30.3 Å². The van der Waals surface area contributed by atoms with Crippen LogP contribution < -0.4 is 10.6 Å². The van der Waals surface area contributed by atoms with Crippen molar-refractivity contribution in [2.24, 2.45) is 0 Å². The topological polar surface area (TPSA) is 111 Å². The first-order chi connectivity index (χ1) is 12.9. The summed E-state index contributed by atoms with van der Waals surface area (Å²) in [5.74, 6) is -1.90. The molecule has 0 bridgehead atoms. The average Bonchev–Trinajstić information content (AvgIpc) is 2.69. The number of carbonyl (C=O) groups is 4. The van der Waals surface area contributed by atoms with Crippen LogP contribution in [0.2, 0.25) is 0 Å². The van der Waals surface area contributed by atoms with Crippen molar-refractivity contribution in [2.75, 3.05) is 14.2 Å². The van der Waals surface area contributed by atoms with Gasteiger partial charge >= 0.3 is 11.9 Å². The first-order valence-corrected chi connectivity index (χ1v) is 8.65. The Balaban J connectivity index is 2.45. The molecule has 1 aromatic rings. The molecule has 0 spiro atoms. The fourth-order valence-electron chi connectivity index (χ4n) is 2.39. The van der Waals surface area contributed by atoms with Crippen molar-refractivity contribution < 1.29 is 28.7 Å². The maximum absolute atomic E-state index is 12.0. The molecule has 8 nitrogen and oxygen atoms in total. The van der Waals surface area contributed by atoms with Crippen LogP contribution in [0.3, 0.4) is 0 Å².